The summed E-state index contributed by atoms with van der Waals surface area (Å²) in [5, 5.41) is 2.71. The molecule has 1 unspecified atom stereocenters. The van der Waals surface area contributed by atoms with Crippen molar-refractivity contribution < 1.29 is 52.1 Å². The summed E-state index contributed by atoms with van der Waals surface area (Å²) in [4.78, 5) is 20.7. The predicted octanol–water partition coefficient (Wildman–Crippen LogP) is -2.00. The van der Waals surface area contributed by atoms with Gasteiger partial charge in [0, 0.05) is 24.6 Å². The van der Waals surface area contributed by atoms with Gasteiger partial charge in [-0.15, -0.1) is 0 Å². The Morgan fingerprint density at radius 2 is 1.59 bits per heavy atom. The van der Waals surface area contributed by atoms with Crippen molar-refractivity contribution in [2.75, 3.05) is 12.3 Å². The van der Waals surface area contributed by atoms with E-state index in [9.17, 15) is 22.6 Å². The molecular formula is C13H29N2NaO5S. The summed E-state index contributed by atoms with van der Waals surface area (Å²) in [6, 6.07) is 0. The van der Waals surface area contributed by atoms with Crippen LogP contribution < -0.4 is 40.6 Å². The first-order valence-corrected chi connectivity index (χ1v) is 8.62. The zero-order valence-corrected chi connectivity index (χ0v) is 17.5. The van der Waals surface area contributed by atoms with E-state index in [0.717, 1.165) is 19.4 Å². The summed E-state index contributed by atoms with van der Waals surface area (Å²) in [6.45, 7) is 9.74. The Hall–Kier alpha value is -0.150. The van der Waals surface area contributed by atoms with E-state index in [0.29, 0.717) is 6.42 Å². The minimum Gasteiger partial charge on any atom is -0.748 e. The molecular weight excluding hydrogens is 319 g/mol. The molecule has 0 aliphatic rings. The summed E-state index contributed by atoms with van der Waals surface area (Å²) >= 11 is 0. The quantitative estimate of drug-likeness (QED) is 0.423. The predicted molar refractivity (Wildman–Crippen MR) is 82.5 cm³/mol. The fourth-order valence-corrected chi connectivity index (χ4v) is 0.714. The van der Waals surface area contributed by atoms with E-state index in [4.69, 9.17) is 5.73 Å². The number of hydrogen-bond acceptors (Lipinski definition) is 5. The number of amides is 2. The third kappa shape index (κ3) is 32.0. The maximum atomic E-state index is 10.5. The van der Waals surface area contributed by atoms with Gasteiger partial charge in [-0.2, -0.15) is 0 Å². The monoisotopic (exact) mass is 348 g/mol. The van der Waals surface area contributed by atoms with Crippen LogP contribution in [0.3, 0.4) is 0 Å². The molecule has 0 saturated heterocycles. The molecule has 3 N–H and O–H groups in total. The van der Waals surface area contributed by atoms with Crippen LogP contribution in [0.1, 0.15) is 53.9 Å². The minimum absolute atomic E-state index is 0. The van der Waals surface area contributed by atoms with E-state index >= 15 is 0 Å². The maximum absolute atomic E-state index is 10.5. The largest absolute Gasteiger partial charge is 1.00 e. The first-order chi connectivity index (χ1) is 9.55. The van der Waals surface area contributed by atoms with Gasteiger partial charge in [0.05, 0.1) is 10.1 Å². The summed E-state index contributed by atoms with van der Waals surface area (Å²) < 4.78 is 28.3. The molecule has 2 amide bonds. The van der Waals surface area contributed by atoms with Crippen molar-refractivity contribution in [2.45, 2.75) is 53.9 Å². The minimum atomic E-state index is -3.91. The van der Waals surface area contributed by atoms with Crippen molar-refractivity contribution >= 4 is 21.9 Å². The standard InChI is InChI=1S/C6H13NO.C5H11NO.C2H6O3S.Na/c1-3-5-6(8)7-4-2;1-3-4(2)5(6)7;1-2-6(3,4)5;/h3-5H2,1-2H3,(H,7,8);4H,3H2,1-2H3,(H2,6,7);2H2,1H3,(H,3,4,5);/q;;;+1/p-1. The van der Waals surface area contributed by atoms with Gasteiger partial charge < -0.3 is 15.6 Å². The number of primary amides is 1. The molecule has 0 fully saturated rings. The second kappa shape index (κ2) is 18.9. The Morgan fingerprint density at radius 1 is 1.18 bits per heavy atom. The van der Waals surface area contributed by atoms with Gasteiger partial charge in [0.15, 0.2) is 0 Å². The van der Waals surface area contributed by atoms with Gasteiger partial charge >= 0.3 is 29.6 Å². The summed E-state index contributed by atoms with van der Waals surface area (Å²) in [6.07, 6.45) is 2.44. The molecule has 0 spiro atoms. The molecule has 0 saturated carbocycles. The molecule has 7 nitrogen and oxygen atoms in total. The Morgan fingerprint density at radius 3 is 1.73 bits per heavy atom. The van der Waals surface area contributed by atoms with Crippen molar-refractivity contribution in [3.8, 4) is 0 Å². The molecule has 1 atom stereocenters. The molecule has 0 aliphatic carbocycles. The van der Waals surface area contributed by atoms with E-state index in [1.165, 1.54) is 6.92 Å². The van der Waals surface area contributed by atoms with Gasteiger partial charge in [-0.25, -0.2) is 8.42 Å². The maximum Gasteiger partial charge on any atom is 1.00 e. The van der Waals surface area contributed by atoms with Crippen LogP contribution in [0.4, 0.5) is 0 Å². The fraction of sp³-hybridized carbons (Fsp3) is 0.846. The molecule has 0 radical (unpaired) electrons. The number of nitrogens with one attached hydrogen (secondary N) is 1. The van der Waals surface area contributed by atoms with Gasteiger partial charge in [0.25, 0.3) is 0 Å². The van der Waals surface area contributed by atoms with Gasteiger partial charge in [0.1, 0.15) is 0 Å². The van der Waals surface area contributed by atoms with E-state index in [1.54, 1.807) is 0 Å². The zero-order valence-electron chi connectivity index (χ0n) is 14.6. The van der Waals surface area contributed by atoms with Crippen molar-refractivity contribution in [1.82, 2.24) is 5.32 Å². The zero-order chi connectivity index (χ0) is 17.5. The van der Waals surface area contributed by atoms with Gasteiger partial charge in [-0.05, 0) is 19.8 Å². The Bertz CT molecular complexity index is 367. The van der Waals surface area contributed by atoms with Gasteiger partial charge in [-0.3, -0.25) is 9.59 Å². The molecule has 128 valence electrons. The van der Waals surface area contributed by atoms with Crippen LogP contribution >= 0.6 is 0 Å². The molecule has 0 bridgehead atoms. The van der Waals surface area contributed by atoms with Crippen LogP contribution in [0.5, 0.6) is 0 Å². The van der Waals surface area contributed by atoms with Crippen molar-refractivity contribution in [3.63, 3.8) is 0 Å². The average Bonchev–Trinajstić information content (AvgIpc) is 2.39. The summed E-state index contributed by atoms with van der Waals surface area (Å²) in [5.41, 5.74) is 4.91. The van der Waals surface area contributed by atoms with E-state index in [2.05, 4.69) is 5.32 Å². The first-order valence-electron chi connectivity index (χ1n) is 7.05. The molecule has 9 heteroatoms. The van der Waals surface area contributed by atoms with E-state index in [1.807, 2.05) is 27.7 Å². The van der Waals surface area contributed by atoms with Crippen LogP contribution in [-0.4, -0.2) is 37.1 Å². The molecule has 0 heterocycles. The van der Waals surface area contributed by atoms with Crippen molar-refractivity contribution in [2.24, 2.45) is 11.7 Å². The number of carbonyl (C=O) groups excluding carboxylic acids is 2. The van der Waals surface area contributed by atoms with E-state index in [-0.39, 0.29) is 53.0 Å². The third-order valence-electron chi connectivity index (χ3n) is 2.30. The van der Waals surface area contributed by atoms with Crippen LogP contribution in [-0.2, 0) is 19.7 Å². The number of nitrogens with two attached hydrogens (primary N) is 1. The van der Waals surface area contributed by atoms with Crippen LogP contribution in [0.25, 0.3) is 0 Å². The molecule has 0 aliphatic heterocycles. The molecule has 0 rings (SSSR count). The van der Waals surface area contributed by atoms with Crippen LogP contribution in [0.2, 0.25) is 0 Å². The Labute approximate surface area is 156 Å². The summed E-state index contributed by atoms with van der Waals surface area (Å²) in [5.74, 6) is -0.315. The molecule has 0 aromatic rings. The number of carbonyl (C=O) groups is 2. The van der Waals surface area contributed by atoms with Crippen molar-refractivity contribution in [3.05, 3.63) is 0 Å². The molecule has 22 heavy (non-hydrogen) atoms. The second-order valence-electron chi connectivity index (χ2n) is 4.26. The first kappa shape index (κ1) is 29.8. The van der Waals surface area contributed by atoms with Gasteiger partial charge in [0.2, 0.25) is 11.8 Å². The summed E-state index contributed by atoms with van der Waals surface area (Å²) in [7, 11) is -3.91. The third-order valence-corrected chi connectivity index (χ3v) is 3.01. The molecule has 0 aromatic heterocycles. The van der Waals surface area contributed by atoms with E-state index < -0.39 is 10.1 Å². The average molecular weight is 348 g/mol. The Balaban J connectivity index is -0.000000109. The second-order valence-corrected chi connectivity index (χ2v) is 5.95. The van der Waals surface area contributed by atoms with Gasteiger partial charge in [-0.1, -0.05) is 27.7 Å². The normalized spacial score (nSPS) is 10.6. The smallest absolute Gasteiger partial charge is 0.748 e. The number of rotatable bonds is 6. The van der Waals surface area contributed by atoms with Crippen LogP contribution in [0.15, 0.2) is 0 Å². The van der Waals surface area contributed by atoms with Crippen molar-refractivity contribution in [1.29, 1.82) is 0 Å². The topological polar surface area (TPSA) is 129 Å². The SMILES string of the molecule is CCC(C)C(N)=O.CCCC(=O)NCC.CCS(=O)(=O)[O-].[Na+]. The fourth-order valence-electron chi connectivity index (χ4n) is 0.714. The Kier molecular flexibility index (Phi) is 25.6. The van der Waals surface area contributed by atoms with Crippen LogP contribution in [0, 0.1) is 5.92 Å². The number of hydrogen-bond donors (Lipinski definition) is 2. The molecule has 0 aromatic carbocycles.